The highest BCUT2D eigenvalue weighted by atomic mass is 32.2. The number of benzene rings is 1. The molecule has 58 heavy (non-hydrogen) atoms. The zero-order valence-corrected chi connectivity index (χ0v) is 33.6. The van der Waals surface area contributed by atoms with Crippen LogP contribution in [0.1, 0.15) is 59.6 Å². The number of allylic oxidation sites excluding steroid dienone is 2. The molecule has 1 fully saturated rings. The number of amides is 7. The second kappa shape index (κ2) is 18.4. The van der Waals surface area contributed by atoms with Gasteiger partial charge in [-0.3, -0.25) is 38.4 Å². The molecular formula is C38H50N8O11S. The van der Waals surface area contributed by atoms with Gasteiger partial charge < -0.3 is 56.7 Å². The van der Waals surface area contributed by atoms with Crippen molar-refractivity contribution < 1.29 is 53.7 Å². The third kappa shape index (κ3) is 9.62. The quantitative estimate of drug-likeness (QED) is 0.164. The minimum atomic E-state index is -1.65. The number of rotatable bonds is 5. The molecule has 1 saturated heterocycles. The van der Waals surface area contributed by atoms with Crippen LogP contribution in [0.5, 0.6) is 0 Å². The molecule has 5 rings (SSSR count). The molecule has 3 aliphatic rings. The Morgan fingerprint density at radius 2 is 1.48 bits per heavy atom. The van der Waals surface area contributed by atoms with E-state index in [-0.39, 0.29) is 25.3 Å². The zero-order chi connectivity index (χ0) is 42.6. The fourth-order valence-corrected chi connectivity index (χ4v) is 8.43. The highest BCUT2D eigenvalue weighted by Crippen LogP contribution is 2.37. The summed E-state index contributed by atoms with van der Waals surface area (Å²) in [4.78, 5) is 110. The van der Waals surface area contributed by atoms with E-state index >= 15 is 0 Å². The topological polar surface area (TPSA) is 278 Å². The van der Waals surface area contributed by atoms with Crippen LogP contribution in [0.3, 0.4) is 0 Å². The van der Waals surface area contributed by atoms with Gasteiger partial charge in [-0.2, -0.15) is 0 Å². The Balaban J connectivity index is 1.76. The molecule has 0 saturated carbocycles. The first-order valence-electron chi connectivity index (χ1n) is 19.0. The summed E-state index contributed by atoms with van der Waals surface area (Å²) in [6, 6.07) is -2.72. The molecule has 1 aromatic heterocycles. The SMILES string of the molecule is C/C=C(\C)c1c2ccccc2c2n1C[C@@H]1NC(=O)[C@H](CCC(=O)O)NC(=O)[C@H](C)NC(=O)[C@@H]([C@H](C)O)NC(=O)[C@H](CS2)NC(=O)[C@@H]2CC(O)CN2C(=O)[C@H](C)NC1=O. The van der Waals surface area contributed by atoms with E-state index in [4.69, 9.17) is 0 Å². The third-order valence-electron chi connectivity index (χ3n) is 10.4. The summed E-state index contributed by atoms with van der Waals surface area (Å²) in [5.74, 6) is -7.57. The Bertz CT molecular complexity index is 2020. The number of aliphatic carboxylic acids is 1. The Labute approximate surface area is 338 Å². The number of hydrogen-bond donors (Lipinski definition) is 9. The summed E-state index contributed by atoms with van der Waals surface area (Å²) in [5.41, 5.74) is 1.41. The van der Waals surface area contributed by atoms with E-state index < -0.39 is 115 Å². The smallest absolute Gasteiger partial charge is 0.303 e. The largest absolute Gasteiger partial charge is 0.481 e. The number of carbonyl (C=O) groups is 8. The predicted molar refractivity (Wildman–Crippen MR) is 210 cm³/mol. The number of fused-ring (bicyclic) bond motifs is 5. The lowest BCUT2D eigenvalue weighted by molar-refractivity contribution is -0.142. The van der Waals surface area contributed by atoms with Gasteiger partial charge in [-0.05, 0) is 46.6 Å². The molecule has 1 aromatic carbocycles. The molecule has 20 heteroatoms. The zero-order valence-electron chi connectivity index (χ0n) is 32.7. The van der Waals surface area contributed by atoms with Gasteiger partial charge >= 0.3 is 5.97 Å². The number of nitrogens with one attached hydrogen (secondary N) is 6. The molecule has 9 atom stereocenters. The Kier molecular flexibility index (Phi) is 13.9. The van der Waals surface area contributed by atoms with E-state index in [0.717, 1.165) is 27.6 Å². The van der Waals surface area contributed by atoms with Crippen LogP contribution in [0.15, 0.2) is 35.4 Å². The van der Waals surface area contributed by atoms with Crippen molar-refractivity contribution in [3.8, 4) is 0 Å². The Morgan fingerprint density at radius 3 is 2.14 bits per heavy atom. The lowest BCUT2D eigenvalue weighted by Crippen LogP contribution is -2.61. The summed E-state index contributed by atoms with van der Waals surface area (Å²) in [6.07, 6.45) is -1.96. The third-order valence-corrected chi connectivity index (χ3v) is 11.7. The number of aliphatic hydroxyl groups is 2. The minimum Gasteiger partial charge on any atom is -0.481 e. The summed E-state index contributed by atoms with van der Waals surface area (Å²) < 4.78 is 1.77. The minimum absolute atomic E-state index is 0.187. The molecule has 0 radical (unpaired) electrons. The predicted octanol–water partition coefficient (Wildman–Crippen LogP) is -1.66. The molecule has 2 aromatic rings. The average molecular weight is 827 g/mol. The molecule has 19 nitrogen and oxygen atoms in total. The Hall–Kier alpha value is -5.47. The molecule has 0 spiro atoms. The van der Waals surface area contributed by atoms with E-state index in [1.807, 2.05) is 38.1 Å². The molecular weight excluding hydrogens is 777 g/mol. The second-order valence-corrected chi connectivity index (χ2v) is 15.8. The summed E-state index contributed by atoms with van der Waals surface area (Å²) in [5, 5.41) is 48.1. The van der Waals surface area contributed by atoms with Crippen molar-refractivity contribution in [2.45, 2.75) is 120 Å². The summed E-state index contributed by atoms with van der Waals surface area (Å²) in [7, 11) is 0. The first kappa shape index (κ1) is 43.6. The van der Waals surface area contributed by atoms with Crippen molar-refractivity contribution in [3.05, 3.63) is 36.0 Å². The fourth-order valence-electron chi connectivity index (χ4n) is 7.21. The van der Waals surface area contributed by atoms with E-state index in [2.05, 4.69) is 31.9 Å². The van der Waals surface area contributed by atoms with Crippen LogP contribution in [0.2, 0.25) is 0 Å². The van der Waals surface area contributed by atoms with Crippen LogP contribution in [0.25, 0.3) is 16.3 Å². The molecule has 2 bridgehead atoms. The van der Waals surface area contributed by atoms with E-state index in [1.165, 1.54) is 20.8 Å². The maximum atomic E-state index is 14.4. The van der Waals surface area contributed by atoms with Crippen LogP contribution >= 0.6 is 11.8 Å². The monoisotopic (exact) mass is 826 g/mol. The molecule has 9 N–H and O–H groups in total. The maximum Gasteiger partial charge on any atom is 0.303 e. The molecule has 0 aliphatic carbocycles. The van der Waals surface area contributed by atoms with Gasteiger partial charge in [-0.15, -0.1) is 11.8 Å². The molecule has 3 aliphatic heterocycles. The van der Waals surface area contributed by atoms with Gasteiger partial charge in [0.2, 0.25) is 41.4 Å². The molecule has 4 heterocycles. The van der Waals surface area contributed by atoms with Gasteiger partial charge in [0.05, 0.1) is 29.5 Å². The second-order valence-electron chi connectivity index (χ2n) is 14.8. The van der Waals surface area contributed by atoms with Crippen LogP contribution in [0.4, 0.5) is 0 Å². The number of carboxylic acids is 1. The van der Waals surface area contributed by atoms with Gasteiger partial charge in [0.25, 0.3) is 0 Å². The van der Waals surface area contributed by atoms with E-state index in [1.54, 1.807) is 10.6 Å². The molecule has 314 valence electrons. The number of aliphatic hydroxyl groups excluding tert-OH is 2. The number of carboxylic acid groups (broad SMARTS) is 1. The number of thioether (sulfide) groups is 1. The first-order chi connectivity index (χ1) is 27.4. The number of carbonyl (C=O) groups excluding carboxylic acids is 7. The van der Waals surface area contributed by atoms with Gasteiger partial charge in [-0.25, -0.2) is 0 Å². The normalized spacial score (nSPS) is 28.9. The highest BCUT2D eigenvalue weighted by molar-refractivity contribution is 7.99. The van der Waals surface area contributed by atoms with Crippen molar-refractivity contribution in [3.63, 3.8) is 0 Å². The number of aromatic nitrogens is 1. The Morgan fingerprint density at radius 1 is 0.845 bits per heavy atom. The van der Waals surface area contributed by atoms with Crippen molar-refractivity contribution in [1.29, 1.82) is 0 Å². The van der Waals surface area contributed by atoms with Gasteiger partial charge in [-0.1, -0.05) is 30.3 Å². The van der Waals surface area contributed by atoms with Crippen molar-refractivity contribution in [1.82, 2.24) is 41.4 Å². The van der Waals surface area contributed by atoms with Crippen LogP contribution < -0.4 is 31.9 Å². The summed E-state index contributed by atoms with van der Waals surface area (Å²) >= 11 is 1.13. The lowest BCUT2D eigenvalue weighted by atomic mass is 10.1. The average Bonchev–Trinajstić information content (AvgIpc) is 3.71. The van der Waals surface area contributed by atoms with E-state index in [9.17, 15) is 53.7 Å². The standard InChI is InChI=1S/C38H50N8O11S/c1-6-17(2)30-22-9-7-8-10-23(22)38-46(30)15-25-33(53)40-19(4)37(57)45-14-21(48)13-27(45)35(55)43-26(16-58-38)34(54)44-29(20(5)47)36(56)39-18(3)31(51)41-24(32(52)42-25)11-12-28(49)50/h6-10,18-21,24-27,29,47-48H,11-16H2,1-5H3,(H,39,56)(H,40,53)(H,41,51)(H,42,52)(H,43,55)(H,44,54)(H,49,50)/b17-6+/t18-,19-,20-,21?,24-,25-,26-,27-,29+/m0/s1. The lowest BCUT2D eigenvalue weighted by Gasteiger charge is -2.29. The number of hydrogen-bond acceptors (Lipinski definition) is 11. The van der Waals surface area contributed by atoms with Crippen LogP contribution in [0, 0.1) is 0 Å². The summed E-state index contributed by atoms with van der Waals surface area (Å²) in [6.45, 7) is 7.02. The van der Waals surface area contributed by atoms with E-state index in [0.29, 0.717) is 16.1 Å². The fraction of sp³-hybridized carbons (Fsp3) is 0.526. The molecule has 1 unspecified atom stereocenters. The van der Waals surface area contributed by atoms with Gasteiger partial charge in [0.15, 0.2) is 0 Å². The van der Waals surface area contributed by atoms with Crippen LogP contribution in [-0.4, -0.2) is 139 Å². The highest BCUT2D eigenvalue weighted by Gasteiger charge is 2.43. The maximum absolute atomic E-state index is 14.4. The molecule has 7 amide bonds. The van der Waals surface area contributed by atoms with Crippen molar-refractivity contribution in [2.75, 3.05) is 12.3 Å². The first-order valence-corrected chi connectivity index (χ1v) is 20.0. The van der Waals surface area contributed by atoms with Crippen LogP contribution in [-0.2, 0) is 44.9 Å². The van der Waals surface area contributed by atoms with Crippen molar-refractivity contribution in [2.24, 2.45) is 0 Å². The van der Waals surface area contributed by atoms with Gasteiger partial charge in [0.1, 0.15) is 42.3 Å². The number of nitrogens with zero attached hydrogens (tertiary/aromatic N) is 2. The van der Waals surface area contributed by atoms with Gasteiger partial charge in [0, 0.05) is 35.9 Å². The van der Waals surface area contributed by atoms with Crippen molar-refractivity contribution >= 4 is 75.4 Å².